The number of benzene rings is 1. The highest BCUT2D eigenvalue weighted by Gasteiger charge is 2.37. The molecule has 0 spiro atoms. The first-order valence-electron chi connectivity index (χ1n) is 6.28. The van der Waals surface area contributed by atoms with Crippen LogP contribution in [0.3, 0.4) is 0 Å². The van der Waals surface area contributed by atoms with Gasteiger partial charge in [-0.1, -0.05) is 11.6 Å². The van der Waals surface area contributed by atoms with Crippen molar-refractivity contribution in [2.24, 2.45) is 0 Å². The Kier molecular flexibility index (Phi) is 4.15. The lowest BCUT2D eigenvalue weighted by Crippen LogP contribution is -2.44. The molecular weight excluding hydrogens is 283 g/mol. The quantitative estimate of drug-likeness (QED) is 0.909. The Morgan fingerprint density at radius 1 is 1.45 bits per heavy atom. The number of hydrogen-bond acceptors (Lipinski definition) is 2. The molecule has 0 bridgehead atoms. The van der Waals surface area contributed by atoms with Crippen molar-refractivity contribution in [3.8, 4) is 6.07 Å². The molecule has 1 fully saturated rings. The largest absolute Gasteiger partial charge is 0.465 e. The molecule has 0 aliphatic carbocycles. The van der Waals surface area contributed by atoms with Gasteiger partial charge in [-0.2, -0.15) is 5.26 Å². The maximum atomic E-state index is 13.5. The Labute approximate surface area is 121 Å². The van der Waals surface area contributed by atoms with Gasteiger partial charge in [0.15, 0.2) is 0 Å². The third kappa shape index (κ3) is 2.86. The van der Waals surface area contributed by atoms with Crippen LogP contribution in [0.2, 0.25) is 5.02 Å². The highest BCUT2D eigenvalue weighted by Crippen LogP contribution is 2.39. The van der Waals surface area contributed by atoms with E-state index in [1.54, 1.807) is 6.07 Å². The second-order valence-corrected chi connectivity index (χ2v) is 5.48. The molecule has 0 aromatic heterocycles. The first kappa shape index (κ1) is 14.6. The second kappa shape index (κ2) is 5.68. The van der Waals surface area contributed by atoms with Crippen molar-refractivity contribution in [3.05, 3.63) is 34.6 Å². The molecule has 2 rings (SSSR count). The van der Waals surface area contributed by atoms with Crippen molar-refractivity contribution < 1.29 is 14.3 Å². The van der Waals surface area contributed by atoms with E-state index in [9.17, 15) is 9.18 Å². The number of carboxylic acid groups (broad SMARTS) is 1. The Bertz CT molecular complexity index is 543. The van der Waals surface area contributed by atoms with Gasteiger partial charge in [-0.15, -0.1) is 0 Å². The van der Waals surface area contributed by atoms with Gasteiger partial charge in [-0.25, -0.2) is 9.18 Å². The summed E-state index contributed by atoms with van der Waals surface area (Å²) in [5.74, 6) is -0.439. The molecule has 4 nitrogen and oxygen atoms in total. The number of piperidine rings is 1. The van der Waals surface area contributed by atoms with Gasteiger partial charge < -0.3 is 10.0 Å². The number of amides is 1. The van der Waals surface area contributed by atoms with Gasteiger partial charge in [0.2, 0.25) is 0 Å². The molecule has 0 radical (unpaired) electrons. The van der Waals surface area contributed by atoms with Gasteiger partial charge in [0, 0.05) is 29.9 Å². The topological polar surface area (TPSA) is 64.3 Å². The van der Waals surface area contributed by atoms with Crippen LogP contribution in [0.15, 0.2) is 18.2 Å². The molecule has 0 atom stereocenters. The first-order chi connectivity index (χ1) is 9.47. The predicted molar refractivity (Wildman–Crippen MR) is 72.1 cm³/mol. The number of carbonyl (C=O) groups is 1. The summed E-state index contributed by atoms with van der Waals surface area (Å²) in [4.78, 5) is 12.3. The van der Waals surface area contributed by atoms with Crippen LogP contribution in [0, 0.1) is 17.1 Å². The zero-order valence-corrected chi connectivity index (χ0v) is 11.5. The minimum absolute atomic E-state index is 0.222. The molecule has 1 aromatic carbocycles. The average Bonchev–Trinajstić information content (AvgIpc) is 2.38. The molecule has 1 aromatic rings. The molecule has 0 unspecified atom stereocenters. The number of hydrogen-bond donors (Lipinski definition) is 1. The first-order valence-corrected chi connectivity index (χ1v) is 6.66. The van der Waals surface area contributed by atoms with Crippen LogP contribution >= 0.6 is 11.6 Å². The van der Waals surface area contributed by atoms with Crippen LogP contribution < -0.4 is 0 Å². The van der Waals surface area contributed by atoms with Crippen molar-refractivity contribution in [2.75, 3.05) is 13.1 Å². The SMILES string of the molecule is N#CCC1(c2cc(F)cc(Cl)c2)CCN(C(=O)O)CC1. The Morgan fingerprint density at radius 2 is 2.10 bits per heavy atom. The summed E-state index contributed by atoms with van der Waals surface area (Å²) < 4.78 is 13.5. The third-order valence-corrected chi connectivity index (χ3v) is 4.10. The van der Waals surface area contributed by atoms with Crippen LogP contribution in [-0.2, 0) is 5.41 Å². The third-order valence-electron chi connectivity index (χ3n) is 3.88. The van der Waals surface area contributed by atoms with E-state index >= 15 is 0 Å². The Morgan fingerprint density at radius 3 is 2.60 bits per heavy atom. The smallest absolute Gasteiger partial charge is 0.407 e. The van der Waals surface area contributed by atoms with E-state index in [0.29, 0.717) is 31.5 Å². The monoisotopic (exact) mass is 296 g/mol. The summed E-state index contributed by atoms with van der Waals surface area (Å²) in [5.41, 5.74) is 0.154. The Hall–Kier alpha value is -1.80. The van der Waals surface area contributed by atoms with E-state index in [1.807, 2.05) is 0 Å². The van der Waals surface area contributed by atoms with Gasteiger partial charge in [-0.3, -0.25) is 0 Å². The molecule has 1 aliphatic heterocycles. The number of nitriles is 1. The van der Waals surface area contributed by atoms with E-state index in [0.717, 1.165) is 0 Å². The van der Waals surface area contributed by atoms with Crippen LogP contribution in [0.25, 0.3) is 0 Å². The minimum atomic E-state index is -0.965. The van der Waals surface area contributed by atoms with E-state index in [4.69, 9.17) is 22.0 Å². The van der Waals surface area contributed by atoms with E-state index in [1.165, 1.54) is 17.0 Å². The van der Waals surface area contributed by atoms with Crippen LogP contribution in [0.5, 0.6) is 0 Å². The van der Waals surface area contributed by atoms with E-state index < -0.39 is 17.3 Å². The van der Waals surface area contributed by atoms with Gasteiger partial charge in [-0.05, 0) is 36.6 Å². The maximum absolute atomic E-state index is 13.5. The number of rotatable bonds is 2. The molecule has 1 amide bonds. The summed E-state index contributed by atoms with van der Waals surface area (Å²) >= 11 is 5.88. The molecule has 0 saturated carbocycles. The highest BCUT2D eigenvalue weighted by atomic mass is 35.5. The van der Waals surface area contributed by atoms with Crippen molar-refractivity contribution in [3.63, 3.8) is 0 Å². The van der Waals surface area contributed by atoms with E-state index in [2.05, 4.69) is 6.07 Å². The highest BCUT2D eigenvalue weighted by molar-refractivity contribution is 6.30. The Balaban J connectivity index is 2.32. The zero-order valence-electron chi connectivity index (χ0n) is 10.8. The number of likely N-dealkylation sites (tertiary alicyclic amines) is 1. The fourth-order valence-corrected chi connectivity index (χ4v) is 2.93. The van der Waals surface area contributed by atoms with Crippen molar-refractivity contribution in [2.45, 2.75) is 24.7 Å². The molecule has 20 heavy (non-hydrogen) atoms. The molecule has 1 aliphatic rings. The maximum Gasteiger partial charge on any atom is 0.407 e. The molecule has 6 heteroatoms. The van der Waals surface area contributed by atoms with E-state index in [-0.39, 0.29) is 11.4 Å². The van der Waals surface area contributed by atoms with Crippen LogP contribution in [-0.4, -0.2) is 29.2 Å². The second-order valence-electron chi connectivity index (χ2n) is 5.04. The summed E-state index contributed by atoms with van der Waals surface area (Å²) in [5, 5.41) is 18.3. The van der Waals surface area contributed by atoms with Crippen molar-refractivity contribution >= 4 is 17.7 Å². The molecule has 1 N–H and O–H groups in total. The molecular formula is C14H14ClFN2O2. The van der Waals surface area contributed by atoms with Crippen LogP contribution in [0.1, 0.15) is 24.8 Å². The average molecular weight is 297 g/mol. The number of halogens is 2. The summed E-state index contributed by atoms with van der Waals surface area (Å²) in [7, 11) is 0. The standard InChI is InChI=1S/C14H14ClFN2O2/c15-11-7-10(8-12(16)9-11)14(1-4-17)2-5-18(6-3-14)13(19)20/h7-9H,1-3,5-6H2,(H,19,20). The van der Waals surface area contributed by atoms with Gasteiger partial charge in [0.05, 0.1) is 6.07 Å². The minimum Gasteiger partial charge on any atom is -0.465 e. The van der Waals surface area contributed by atoms with Crippen molar-refractivity contribution in [1.82, 2.24) is 4.90 Å². The fourth-order valence-electron chi connectivity index (χ4n) is 2.70. The molecule has 1 heterocycles. The normalized spacial score (nSPS) is 17.6. The van der Waals surface area contributed by atoms with Gasteiger partial charge in [0.1, 0.15) is 5.82 Å². The molecule has 1 saturated heterocycles. The summed E-state index contributed by atoms with van der Waals surface area (Å²) in [6.45, 7) is 0.677. The molecule has 106 valence electrons. The lowest BCUT2D eigenvalue weighted by atomic mass is 9.71. The number of nitrogens with zero attached hydrogens (tertiary/aromatic N) is 2. The van der Waals surface area contributed by atoms with Gasteiger partial charge >= 0.3 is 6.09 Å². The van der Waals surface area contributed by atoms with Crippen LogP contribution in [0.4, 0.5) is 9.18 Å². The van der Waals surface area contributed by atoms with Gasteiger partial charge in [0.25, 0.3) is 0 Å². The van der Waals surface area contributed by atoms with Crippen molar-refractivity contribution in [1.29, 1.82) is 5.26 Å². The summed E-state index contributed by atoms with van der Waals surface area (Å²) in [6, 6.07) is 6.40. The lowest BCUT2D eigenvalue weighted by molar-refractivity contribution is 0.116. The summed E-state index contributed by atoms with van der Waals surface area (Å²) in [6.07, 6.45) is 0.243. The predicted octanol–water partition coefficient (Wildman–Crippen LogP) is 3.40. The lowest BCUT2D eigenvalue weighted by Gasteiger charge is -2.40. The fraction of sp³-hybridized carbons (Fsp3) is 0.429. The zero-order chi connectivity index (χ0) is 14.8.